The number of aromatic amines is 1. The second-order valence-electron chi connectivity index (χ2n) is 4.20. The molecule has 1 aromatic carbocycles. The third-order valence-electron chi connectivity index (χ3n) is 2.82. The molecule has 2 aromatic rings. The lowest BCUT2D eigenvalue weighted by Gasteiger charge is -2.18. The highest BCUT2D eigenvalue weighted by atomic mass is 16.5. The molecule has 2 heterocycles. The van der Waals surface area contributed by atoms with Gasteiger partial charge in [0.05, 0.1) is 5.69 Å². The molecule has 102 valence electrons. The Morgan fingerprint density at radius 1 is 1.45 bits per heavy atom. The van der Waals surface area contributed by atoms with E-state index in [-0.39, 0.29) is 29.9 Å². The first kappa shape index (κ1) is 12.0. The van der Waals surface area contributed by atoms with Gasteiger partial charge in [-0.2, -0.15) is 0 Å². The van der Waals surface area contributed by atoms with E-state index in [2.05, 4.69) is 15.3 Å². The Labute approximate surface area is 112 Å². The minimum absolute atomic E-state index is 0.00964. The topological polar surface area (TPSA) is 130 Å². The van der Waals surface area contributed by atoms with E-state index in [1.54, 1.807) is 18.2 Å². The summed E-state index contributed by atoms with van der Waals surface area (Å²) >= 11 is 0. The van der Waals surface area contributed by atoms with Crippen LogP contribution in [0.2, 0.25) is 0 Å². The molecule has 5 N–H and O–H groups in total. The minimum atomic E-state index is -1.16. The quantitative estimate of drug-likeness (QED) is 0.637. The summed E-state index contributed by atoms with van der Waals surface area (Å²) in [7, 11) is 0. The van der Waals surface area contributed by atoms with E-state index in [0.29, 0.717) is 17.0 Å². The summed E-state index contributed by atoms with van der Waals surface area (Å²) in [5.41, 5.74) is 6.57. The van der Waals surface area contributed by atoms with Gasteiger partial charge in [-0.3, -0.25) is 4.79 Å². The molecule has 20 heavy (non-hydrogen) atoms. The molecule has 1 aliphatic rings. The van der Waals surface area contributed by atoms with E-state index in [1.165, 1.54) is 0 Å². The van der Waals surface area contributed by atoms with Crippen LogP contribution < -0.4 is 15.8 Å². The number of carbonyl (C=O) groups is 2. The van der Waals surface area contributed by atoms with Crippen molar-refractivity contribution in [1.29, 1.82) is 0 Å². The zero-order valence-corrected chi connectivity index (χ0v) is 10.1. The smallest absolute Gasteiger partial charge is 0.354 e. The number of carboxylic acids is 1. The van der Waals surface area contributed by atoms with Gasteiger partial charge in [-0.1, -0.05) is 0 Å². The van der Waals surface area contributed by atoms with Gasteiger partial charge in [0.1, 0.15) is 11.4 Å². The fourth-order valence-electron chi connectivity index (χ4n) is 1.99. The van der Waals surface area contributed by atoms with Crippen LogP contribution in [0.5, 0.6) is 5.75 Å². The molecular weight excluding hydrogens is 264 g/mol. The lowest BCUT2D eigenvalue weighted by atomic mass is 10.1. The van der Waals surface area contributed by atoms with E-state index in [0.717, 1.165) is 0 Å². The van der Waals surface area contributed by atoms with E-state index in [9.17, 15) is 9.59 Å². The van der Waals surface area contributed by atoms with Crippen LogP contribution in [0.25, 0.3) is 11.3 Å². The number of hydrogen-bond donors (Lipinski definition) is 4. The number of aromatic carboxylic acids is 1. The molecule has 1 aliphatic heterocycles. The Bertz CT molecular complexity index is 722. The van der Waals surface area contributed by atoms with Crippen LogP contribution >= 0.6 is 0 Å². The molecule has 0 aliphatic carbocycles. The van der Waals surface area contributed by atoms with Crippen LogP contribution in [0.4, 0.5) is 11.6 Å². The maximum atomic E-state index is 11.3. The number of carbonyl (C=O) groups excluding carboxylic acids is 1. The maximum Gasteiger partial charge on any atom is 0.354 e. The summed E-state index contributed by atoms with van der Waals surface area (Å²) in [5.74, 6) is -0.902. The molecule has 0 saturated carbocycles. The van der Waals surface area contributed by atoms with Crippen molar-refractivity contribution in [3.63, 3.8) is 0 Å². The average molecular weight is 274 g/mol. The number of benzene rings is 1. The second kappa shape index (κ2) is 4.26. The Hall–Kier alpha value is -3.03. The van der Waals surface area contributed by atoms with Crippen molar-refractivity contribution in [2.45, 2.75) is 0 Å². The third kappa shape index (κ3) is 1.92. The number of rotatable bonds is 2. The number of nitrogens with one attached hydrogen (secondary N) is 2. The third-order valence-corrected chi connectivity index (χ3v) is 2.82. The number of nitrogens with two attached hydrogens (primary N) is 1. The fourth-order valence-corrected chi connectivity index (χ4v) is 1.99. The van der Waals surface area contributed by atoms with E-state index in [4.69, 9.17) is 15.6 Å². The number of amides is 1. The number of hydrogen-bond acceptors (Lipinski definition) is 5. The number of H-pyrrole nitrogens is 1. The first-order valence-electron chi connectivity index (χ1n) is 5.70. The summed E-state index contributed by atoms with van der Waals surface area (Å²) in [6.45, 7) is -0.0396. The summed E-state index contributed by atoms with van der Waals surface area (Å²) in [5, 5.41) is 11.7. The van der Waals surface area contributed by atoms with Gasteiger partial charge in [-0.15, -0.1) is 0 Å². The Balaban J connectivity index is 2.09. The Kier molecular flexibility index (Phi) is 2.56. The number of fused-ring (bicyclic) bond motifs is 1. The molecule has 0 saturated heterocycles. The average Bonchev–Trinajstić information content (AvgIpc) is 2.80. The van der Waals surface area contributed by atoms with Crippen LogP contribution in [-0.2, 0) is 4.79 Å². The van der Waals surface area contributed by atoms with E-state index in [1.807, 2.05) is 0 Å². The maximum absolute atomic E-state index is 11.3. The lowest BCUT2D eigenvalue weighted by molar-refractivity contribution is -0.118. The van der Waals surface area contributed by atoms with Gasteiger partial charge in [-0.25, -0.2) is 9.78 Å². The monoisotopic (exact) mass is 274 g/mol. The van der Waals surface area contributed by atoms with Gasteiger partial charge in [0.15, 0.2) is 18.2 Å². The first-order valence-corrected chi connectivity index (χ1v) is 5.70. The summed E-state index contributed by atoms with van der Waals surface area (Å²) in [4.78, 5) is 28.8. The van der Waals surface area contributed by atoms with Crippen molar-refractivity contribution in [2.24, 2.45) is 0 Å². The number of ether oxygens (including phenoxy) is 1. The van der Waals surface area contributed by atoms with E-state index >= 15 is 0 Å². The van der Waals surface area contributed by atoms with Crippen molar-refractivity contribution < 1.29 is 19.4 Å². The van der Waals surface area contributed by atoms with Crippen LogP contribution in [0.1, 0.15) is 10.5 Å². The molecule has 0 radical (unpaired) electrons. The van der Waals surface area contributed by atoms with Gasteiger partial charge in [0.25, 0.3) is 5.91 Å². The van der Waals surface area contributed by atoms with Gasteiger partial charge >= 0.3 is 5.97 Å². The molecule has 1 amide bonds. The standard InChI is InChI=1S/C12H10N4O4/c13-12-15-9(10(16-12)11(18)19)5-1-2-7-6(3-5)14-8(17)4-20-7/h1-3H,4H2,(H,14,17)(H,18,19)(H3,13,15,16). The van der Waals surface area contributed by atoms with Crippen LogP contribution in [0, 0.1) is 0 Å². The highest BCUT2D eigenvalue weighted by Gasteiger charge is 2.20. The lowest BCUT2D eigenvalue weighted by Crippen LogP contribution is -2.25. The summed E-state index contributed by atoms with van der Waals surface area (Å²) < 4.78 is 5.23. The Morgan fingerprint density at radius 2 is 2.25 bits per heavy atom. The Morgan fingerprint density at radius 3 is 3.00 bits per heavy atom. The van der Waals surface area contributed by atoms with Crippen LogP contribution in [0.15, 0.2) is 18.2 Å². The summed E-state index contributed by atoms with van der Waals surface area (Å²) in [6, 6.07) is 4.88. The minimum Gasteiger partial charge on any atom is -0.482 e. The molecular formula is C12H10N4O4. The van der Waals surface area contributed by atoms with Gasteiger partial charge in [-0.05, 0) is 18.2 Å². The zero-order valence-electron chi connectivity index (χ0n) is 10.1. The number of nitrogen functional groups attached to an aromatic ring is 1. The van der Waals surface area contributed by atoms with Gasteiger partial charge < -0.3 is 25.9 Å². The van der Waals surface area contributed by atoms with Gasteiger partial charge in [0.2, 0.25) is 0 Å². The highest BCUT2D eigenvalue weighted by Crippen LogP contribution is 2.33. The fraction of sp³-hybridized carbons (Fsp3) is 0.0833. The number of anilines is 2. The normalized spacial score (nSPS) is 13.3. The molecule has 8 nitrogen and oxygen atoms in total. The summed E-state index contributed by atoms with van der Waals surface area (Å²) in [6.07, 6.45) is 0. The molecule has 3 rings (SSSR count). The molecule has 0 bridgehead atoms. The van der Waals surface area contributed by atoms with Crippen molar-refractivity contribution >= 4 is 23.5 Å². The molecule has 0 atom stereocenters. The number of carboxylic acid groups (broad SMARTS) is 1. The molecule has 1 aromatic heterocycles. The van der Waals surface area contributed by atoms with Gasteiger partial charge in [0, 0.05) is 5.56 Å². The highest BCUT2D eigenvalue weighted by molar-refractivity contribution is 5.98. The second-order valence-corrected chi connectivity index (χ2v) is 4.20. The van der Waals surface area contributed by atoms with Crippen LogP contribution in [0.3, 0.4) is 0 Å². The number of nitrogens with zero attached hydrogens (tertiary/aromatic N) is 1. The van der Waals surface area contributed by atoms with Crippen molar-refractivity contribution in [3.8, 4) is 17.0 Å². The largest absolute Gasteiger partial charge is 0.482 e. The molecule has 0 spiro atoms. The SMILES string of the molecule is Nc1nc(-c2ccc3c(c2)NC(=O)CO3)c(C(=O)O)[nH]1. The van der Waals surface area contributed by atoms with Crippen molar-refractivity contribution in [2.75, 3.05) is 17.7 Å². The number of imidazole rings is 1. The zero-order chi connectivity index (χ0) is 14.3. The van der Waals surface area contributed by atoms with Crippen molar-refractivity contribution in [1.82, 2.24) is 9.97 Å². The number of aromatic nitrogens is 2. The molecule has 0 fully saturated rings. The van der Waals surface area contributed by atoms with E-state index < -0.39 is 5.97 Å². The molecule has 0 unspecified atom stereocenters. The molecule has 8 heteroatoms. The first-order chi connectivity index (χ1) is 9.54. The van der Waals surface area contributed by atoms with Crippen LogP contribution in [-0.4, -0.2) is 33.6 Å². The predicted molar refractivity (Wildman–Crippen MR) is 69.5 cm³/mol. The predicted octanol–water partition coefficient (Wildman–Crippen LogP) is 0.688. The van der Waals surface area contributed by atoms with Crippen molar-refractivity contribution in [3.05, 3.63) is 23.9 Å².